The molecule has 2 N–H and O–H groups in total. The standard InChI is InChI=1S/C40H31N5/c1-4-12-28(13-5-1)39-41-42-40(29-14-6-2-7-15-29)45(39)32-22-20-31(21-23-32)44-37-19-11-10-18-33(37)34-24-25-36-35(38(34)44)26-27-43(36)30-16-8-3-9-17-30/h1-27,39-42H. The topological polar surface area (TPSA) is 37.2 Å². The summed E-state index contributed by atoms with van der Waals surface area (Å²) in [6, 6.07) is 56.4. The lowest BCUT2D eigenvalue weighted by atomic mass is 10.1. The van der Waals surface area contributed by atoms with E-state index >= 15 is 0 Å². The van der Waals surface area contributed by atoms with Gasteiger partial charge in [-0.05, 0) is 65.7 Å². The van der Waals surface area contributed by atoms with Crippen molar-refractivity contribution in [2.24, 2.45) is 0 Å². The first-order valence-corrected chi connectivity index (χ1v) is 15.4. The van der Waals surface area contributed by atoms with Crippen molar-refractivity contribution in [3.63, 3.8) is 0 Å². The van der Waals surface area contributed by atoms with E-state index in [-0.39, 0.29) is 12.3 Å². The van der Waals surface area contributed by atoms with Crippen LogP contribution in [0.1, 0.15) is 23.5 Å². The minimum absolute atomic E-state index is 0.0205. The van der Waals surface area contributed by atoms with Gasteiger partial charge in [-0.1, -0.05) is 103 Å². The van der Waals surface area contributed by atoms with Crippen molar-refractivity contribution in [3.05, 3.63) is 175 Å². The molecular formula is C40H31N5. The highest BCUT2D eigenvalue weighted by Gasteiger charge is 2.35. The van der Waals surface area contributed by atoms with Gasteiger partial charge in [-0.2, -0.15) is 0 Å². The first-order chi connectivity index (χ1) is 22.3. The number of hydrogen-bond acceptors (Lipinski definition) is 3. The monoisotopic (exact) mass is 581 g/mol. The molecule has 1 aliphatic heterocycles. The quantitative estimate of drug-likeness (QED) is 0.213. The Morgan fingerprint density at radius 1 is 0.400 bits per heavy atom. The van der Waals surface area contributed by atoms with Crippen LogP contribution in [0.15, 0.2) is 164 Å². The summed E-state index contributed by atoms with van der Waals surface area (Å²) in [6.07, 6.45) is 2.14. The van der Waals surface area contributed by atoms with Crippen LogP contribution in [0.5, 0.6) is 0 Å². The van der Waals surface area contributed by atoms with Crippen molar-refractivity contribution < 1.29 is 0 Å². The molecule has 6 aromatic carbocycles. The highest BCUT2D eigenvalue weighted by Crippen LogP contribution is 2.40. The molecule has 0 amide bonds. The Hall–Kier alpha value is -5.62. The highest BCUT2D eigenvalue weighted by atomic mass is 15.6. The molecule has 2 atom stereocenters. The second-order valence-corrected chi connectivity index (χ2v) is 11.6. The lowest BCUT2D eigenvalue weighted by molar-refractivity contribution is 0.555. The number of nitrogens with one attached hydrogen (secondary N) is 2. The lowest BCUT2D eigenvalue weighted by Crippen LogP contribution is -2.29. The summed E-state index contributed by atoms with van der Waals surface area (Å²) in [6.45, 7) is 0. The van der Waals surface area contributed by atoms with E-state index in [1.165, 1.54) is 43.8 Å². The molecule has 9 rings (SSSR count). The van der Waals surface area contributed by atoms with Crippen molar-refractivity contribution in [1.82, 2.24) is 20.0 Å². The Morgan fingerprint density at radius 2 is 0.978 bits per heavy atom. The van der Waals surface area contributed by atoms with Crippen LogP contribution >= 0.6 is 0 Å². The zero-order valence-electron chi connectivity index (χ0n) is 24.6. The van der Waals surface area contributed by atoms with Crippen LogP contribution in [0.4, 0.5) is 5.69 Å². The largest absolute Gasteiger partial charge is 0.330 e. The van der Waals surface area contributed by atoms with Gasteiger partial charge in [-0.25, -0.2) is 10.9 Å². The zero-order chi connectivity index (χ0) is 29.7. The summed E-state index contributed by atoms with van der Waals surface area (Å²) < 4.78 is 4.71. The fourth-order valence-corrected chi connectivity index (χ4v) is 7.03. The number of aromatic nitrogens is 2. The molecule has 0 radical (unpaired) electrons. The average molecular weight is 582 g/mol. The van der Waals surface area contributed by atoms with E-state index in [2.05, 4.69) is 189 Å². The molecule has 0 bridgehead atoms. The number of benzene rings is 6. The summed E-state index contributed by atoms with van der Waals surface area (Å²) in [7, 11) is 0. The smallest absolute Gasteiger partial charge is 0.120 e. The van der Waals surface area contributed by atoms with Crippen molar-refractivity contribution in [2.75, 3.05) is 4.90 Å². The van der Waals surface area contributed by atoms with E-state index in [0.717, 1.165) is 17.1 Å². The molecule has 0 aliphatic carbocycles. The van der Waals surface area contributed by atoms with Crippen molar-refractivity contribution in [1.29, 1.82) is 0 Å². The summed E-state index contributed by atoms with van der Waals surface area (Å²) in [5.41, 5.74) is 16.6. The van der Waals surface area contributed by atoms with E-state index in [1.54, 1.807) is 0 Å². The van der Waals surface area contributed by atoms with Gasteiger partial charge in [-0.15, -0.1) is 0 Å². The molecule has 0 saturated carbocycles. The number of anilines is 1. The van der Waals surface area contributed by atoms with Gasteiger partial charge < -0.3 is 14.0 Å². The zero-order valence-corrected chi connectivity index (χ0v) is 24.6. The van der Waals surface area contributed by atoms with Crippen LogP contribution < -0.4 is 15.8 Å². The molecule has 1 saturated heterocycles. The Bertz CT molecular complexity index is 2220. The maximum absolute atomic E-state index is 3.56. The maximum Gasteiger partial charge on any atom is 0.120 e. The number of hydrogen-bond donors (Lipinski definition) is 2. The molecule has 8 aromatic rings. The Balaban J connectivity index is 1.20. The van der Waals surface area contributed by atoms with Crippen LogP contribution in [-0.4, -0.2) is 9.13 Å². The number of nitrogens with zero attached hydrogens (tertiary/aromatic N) is 3. The normalized spacial score (nSPS) is 16.7. The van der Waals surface area contributed by atoms with E-state index < -0.39 is 0 Å². The predicted molar refractivity (Wildman–Crippen MR) is 185 cm³/mol. The summed E-state index contributed by atoms with van der Waals surface area (Å²) in [5.74, 6) is 0. The van der Waals surface area contributed by atoms with Gasteiger partial charge in [0.15, 0.2) is 0 Å². The second-order valence-electron chi connectivity index (χ2n) is 11.6. The van der Waals surface area contributed by atoms with Crippen LogP contribution in [-0.2, 0) is 0 Å². The van der Waals surface area contributed by atoms with Gasteiger partial charge in [0.25, 0.3) is 0 Å². The second kappa shape index (κ2) is 10.5. The Kier molecular flexibility index (Phi) is 6.04. The van der Waals surface area contributed by atoms with Gasteiger partial charge in [0.1, 0.15) is 12.3 Å². The van der Waals surface area contributed by atoms with Crippen molar-refractivity contribution in [2.45, 2.75) is 12.3 Å². The predicted octanol–water partition coefficient (Wildman–Crippen LogP) is 9.04. The summed E-state index contributed by atoms with van der Waals surface area (Å²) in [5, 5.41) is 3.75. The van der Waals surface area contributed by atoms with Crippen LogP contribution in [0.2, 0.25) is 0 Å². The Morgan fingerprint density at radius 3 is 1.64 bits per heavy atom. The van der Waals surface area contributed by atoms with Gasteiger partial charge in [0, 0.05) is 39.4 Å². The Labute approximate surface area is 261 Å². The van der Waals surface area contributed by atoms with E-state index in [1.807, 2.05) is 0 Å². The first kappa shape index (κ1) is 25.8. The molecule has 2 aromatic heterocycles. The molecule has 1 aliphatic rings. The van der Waals surface area contributed by atoms with E-state index in [9.17, 15) is 0 Å². The highest BCUT2D eigenvalue weighted by molar-refractivity contribution is 6.18. The van der Waals surface area contributed by atoms with Crippen molar-refractivity contribution in [3.8, 4) is 11.4 Å². The first-order valence-electron chi connectivity index (χ1n) is 15.4. The van der Waals surface area contributed by atoms with Crippen LogP contribution in [0.25, 0.3) is 44.1 Å². The third-order valence-corrected chi connectivity index (χ3v) is 9.09. The van der Waals surface area contributed by atoms with Gasteiger partial charge in [0.2, 0.25) is 0 Å². The fraction of sp³-hybridized carbons (Fsp3) is 0.0500. The maximum atomic E-state index is 3.56. The number of para-hydroxylation sites is 2. The summed E-state index contributed by atoms with van der Waals surface area (Å²) >= 11 is 0. The van der Waals surface area contributed by atoms with Gasteiger partial charge in [-0.3, -0.25) is 0 Å². The minimum Gasteiger partial charge on any atom is -0.330 e. The average Bonchev–Trinajstić information content (AvgIpc) is 3.84. The SMILES string of the molecule is c1ccc(C2NNC(c3ccccc3)N2c2ccc(-n3c4ccccc4c4ccc5c(ccn5-c5ccccc5)c43)cc2)cc1. The molecular weight excluding hydrogens is 550 g/mol. The molecule has 5 nitrogen and oxygen atoms in total. The molecule has 5 heteroatoms. The van der Waals surface area contributed by atoms with E-state index in [4.69, 9.17) is 0 Å². The molecule has 0 spiro atoms. The summed E-state index contributed by atoms with van der Waals surface area (Å²) in [4.78, 5) is 2.43. The molecule has 216 valence electrons. The minimum atomic E-state index is -0.0205. The molecule has 2 unspecified atom stereocenters. The fourth-order valence-electron chi connectivity index (χ4n) is 7.03. The molecule has 45 heavy (non-hydrogen) atoms. The van der Waals surface area contributed by atoms with Crippen LogP contribution in [0, 0.1) is 0 Å². The lowest BCUT2D eigenvalue weighted by Gasteiger charge is -2.31. The molecule has 3 heterocycles. The van der Waals surface area contributed by atoms with Gasteiger partial charge >= 0.3 is 0 Å². The van der Waals surface area contributed by atoms with Gasteiger partial charge in [0.05, 0.1) is 16.6 Å². The third kappa shape index (κ3) is 4.17. The van der Waals surface area contributed by atoms with Crippen molar-refractivity contribution >= 4 is 38.4 Å². The van der Waals surface area contributed by atoms with Crippen LogP contribution in [0.3, 0.4) is 0 Å². The number of rotatable bonds is 5. The number of hydrazine groups is 1. The third-order valence-electron chi connectivity index (χ3n) is 9.09. The van der Waals surface area contributed by atoms with E-state index in [0.29, 0.717) is 0 Å². The number of fused-ring (bicyclic) bond motifs is 5. The molecule has 1 fully saturated rings.